The van der Waals surface area contributed by atoms with Crippen molar-refractivity contribution in [1.29, 1.82) is 0 Å². The second-order valence-corrected chi connectivity index (χ2v) is 4.70. The molecule has 0 bridgehead atoms. The number of nitrogens with one attached hydrogen (secondary N) is 1. The van der Waals surface area contributed by atoms with E-state index in [0.717, 1.165) is 5.56 Å². The number of nitrogens with zero attached hydrogens (tertiary/aromatic N) is 1. The second kappa shape index (κ2) is 7.97. The number of ether oxygens (including phenoxy) is 1. The lowest BCUT2D eigenvalue weighted by Crippen LogP contribution is -2.56. The number of piperazine rings is 1. The molecule has 2 rings (SSSR count). The summed E-state index contributed by atoms with van der Waals surface area (Å²) in [5, 5.41) is 2.78. The van der Waals surface area contributed by atoms with E-state index in [0.29, 0.717) is 13.1 Å². The molecule has 0 radical (unpaired) electrons. The van der Waals surface area contributed by atoms with E-state index >= 15 is 0 Å². The third kappa shape index (κ3) is 3.93. The Hall–Kier alpha value is -1.63. The maximum Gasteiger partial charge on any atom is 0.247 e. The van der Waals surface area contributed by atoms with Gasteiger partial charge in [0, 0.05) is 20.2 Å². The summed E-state index contributed by atoms with van der Waals surface area (Å²) < 4.78 is 4.91. The van der Waals surface area contributed by atoms with Crippen molar-refractivity contribution in [3.05, 3.63) is 35.9 Å². The third-order valence-corrected chi connectivity index (χ3v) is 3.27. The monoisotopic (exact) mass is 313 g/mol. The van der Waals surface area contributed by atoms with Crippen LogP contribution in [0.25, 0.3) is 0 Å². The summed E-state index contributed by atoms with van der Waals surface area (Å²) in [7, 11) is 1.49. The summed E-state index contributed by atoms with van der Waals surface area (Å²) in [6.45, 7) is 1.02. The van der Waals surface area contributed by atoms with Gasteiger partial charge in [0.1, 0.15) is 12.1 Å². The van der Waals surface area contributed by atoms with Crippen LogP contribution < -0.4 is 11.1 Å². The molecule has 1 aromatic carbocycles. The van der Waals surface area contributed by atoms with Crippen LogP contribution in [0.2, 0.25) is 0 Å². The summed E-state index contributed by atoms with van der Waals surface area (Å²) in [4.78, 5) is 26.0. The van der Waals surface area contributed by atoms with E-state index in [1.165, 1.54) is 12.0 Å². The number of rotatable bonds is 4. The van der Waals surface area contributed by atoms with Gasteiger partial charge in [-0.15, -0.1) is 12.4 Å². The lowest BCUT2D eigenvalue weighted by atomic mass is 10.0. The first-order chi connectivity index (χ1) is 9.65. The smallest absolute Gasteiger partial charge is 0.247 e. The van der Waals surface area contributed by atoms with Gasteiger partial charge in [-0.25, -0.2) is 0 Å². The molecule has 1 aromatic rings. The molecule has 0 aromatic heterocycles. The molecule has 0 saturated carbocycles. The zero-order valence-electron chi connectivity index (χ0n) is 11.8. The van der Waals surface area contributed by atoms with Crippen LogP contribution in [-0.2, 0) is 14.3 Å². The molecule has 1 fully saturated rings. The van der Waals surface area contributed by atoms with E-state index in [9.17, 15) is 9.59 Å². The fourth-order valence-corrected chi connectivity index (χ4v) is 2.33. The Bertz CT molecular complexity index is 484. The summed E-state index contributed by atoms with van der Waals surface area (Å²) in [5.74, 6) is -0.448. The molecule has 1 aliphatic heterocycles. The Kier molecular flexibility index (Phi) is 6.61. The average molecular weight is 314 g/mol. The molecule has 1 heterocycles. The predicted molar refractivity (Wildman–Crippen MR) is 81.0 cm³/mol. The van der Waals surface area contributed by atoms with Gasteiger partial charge in [-0.2, -0.15) is 0 Å². The van der Waals surface area contributed by atoms with Crippen LogP contribution in [0.3, 0.4) is 0 Å². The number of carbonyl (C=O) groups is 2. The third-order valence-electron chi connectivity index (χ3n) is 3.27. The SMILES string of the molecule is COCC(N)C(=O)N1CCNC(=O)C1c1ccccc1.Cl. The number of amides is 2. The minimum atomic E-state index is -0.753. The summed E-state index contributed by atoms with van der Waals surface area (Å²) in [6, 6.07) is 7.84. The van der Waals surface area contributed by atoms with Crippen molar-refractivity contribution in [2.75, 3.05) is 26.8 Å². The first-order valence-electron chi connectivity index (χ1n) is 6.53. The molecule has 21 heavy (non-hydrogen) atoms. The Morgan fingerprint density at radius 1 is 1.48 bits per heavy atom. The van der Waals surface area contributed by atoms with Gasteiger partial charge in [0.25, 0.3) is 0 Å². The zero-order valence-corrected chi connectivity index (χ0v) is 12.6. The lowest BCUT2D eigenvalue weighted by molar-refractivity contribution is -0.145. The first kappa shape index (κ1) is 17.4. The van der Waals surface area contributed by atoms with Gasteiger partial charge in [0.05, 0.1) is 6.61 Å². The van der Waals surface area contributed by atoms with Crippen molar-refractivity contribution in [1.82, 2.24) is 10.2 Å². The van der Waals surface area contributed by atoms with Crippen molar-refractivity contribution in [3.8, 4) is 0 Å². The van der Waals surface area contributed by atoms with Gasteiger partial charge >= 0.3 is 0 Å². The topological polar surface area (TPSA) is 84.7 Å². The van der Waals surface area contributed by atoms with Crippen molar-refractivity contribution >= 4 is 24.2 Å². The van der Waals surface area contributed by atoms with E-state index in [1.54, 1.807) is 0 Å². The van der Waals surface area contributed by atoms with E-state index in [4.69, 9.17) is 10.5 Å². The Balaban J connectivity index is 0.00000220. The molecule has 2 unspecified atom stereocenters. The highest BCUT2D eigenvalue weighted by Gasteiger charge is 2.36. The number of methoxy groups -OCH3 is 1. The van der Waals surface area contributed by atoms with Crippen LogP contribution >= 0.6 is 12.4 Å². The quantitative estimate of drug-likeness (QED) is 0.824. The highest BCUT2D eigenvalue weighted by molar-refractivity contribution is 5.91. The largest absolute Gasteiger partial charge is 0.383 e. The Morgan fingerprint density at radius 2 is 2.14 bits per heavy atom. The van der Waals surface area contributed by atoms with Crippen molar-refractivity contribution in [2.24, 2.45) is 5.73 Å². The fourth-order valence-electron chi connectivity index (χ4n) is 2.33. The minimum absolute atomic E-state index is 0. The van der Waals surface area contributed by atoms with Crippen molar-refractivity contribution in [3.63, 3.8) is 0 Å². The molecular formula is C14H20ClN3O3. The molecular weight excluding hydrogens is 294 g/mol. The van der Waals surface area contributed by atoms with Gasteiger partial charge in [0.15, 0.2) is 0 Å². The summed E-state index contributed by atoms with van der Waals surface area (Å²) >= 11 is 0. The van der Waals surface area contributed by atoms with Crippen molar-refractivity contribution in [2.45, 2.75) is 12.1 Å². The molecule has 1 saturated heterocycles. The average Bonchev–Trinajstić information content (AvgIpc) is 2.47. The minimum Gasteiger partial charge on any atom is -0.383 e. The van der Waals surface area contributed by atoms with E-state index in [2.05, 4.69) is 5.32 Å². The number of hydrogen-bond acceptors (Lipinski definition) is 4. The maximum absolute atomic E-state index is 12.4. The van der Waals surface area contributed by atoms with Crippen LogP contribution in [0.1, 0.15) is 11.6 Å². The molecule has 6 nitrogen and oxygen atoms in total. The van der Waals surface area contributed by atoms with Gasteiger partial charge in [-0.05, 0) is 5.56 Å². The highest BCUT2D eigenvalue weighted by atomic mass is 35.5. The van der Waals surface area contributed by atoms with E-state index in [1.807, 2.05) is 30.3 Å². The number of halogens is 1. The normalized spacial score (nSPS) is 19.4. The number of carbonyl (C=O) groups excluding carboxylic acids is 2. The highest BCUT2D eigenvalue weighted by Crippen LogP contribution is 2.23. The second-order valence-electron chi connectivity index (χ2n) is 4.70. The Morgan fingerprint density at radius 3 is 2.76 bits per heavy atom. The molecule has 2 atom stereocenters. The van der Waals surface area contributed by atoms with Crippen LogP contribution in [0, 0.1) is 0 Å². The maximum atomic E-state index is 12.4. The van der Waals surface area contributed by atoms with Crippen LogP contribution in [0.5, 0.6) is 0 Å². The van der Waals surface area contributed by atoms with E-state index in [-0.39, 0.29) is 30.8 Å². The molecule has 2 amide bonds. The van der Waals surface area contributed by atoms with Gasteiger partial charge in [-0.1, -0.05) is 30.3 Å². The molecule has 7 heteroatoms. The number of benzene rings is 1. The van der Waals surface area contributed by atoms with Crippen LogP contribution in [0.15, 0.2) is 30.3 Å². The lowest BCUT2D eigenvalue weighted by Gasteiger charge is -2.36. The molecule has 0 spiro atoms. The molecule has 3 N–H and O–H groups in total. The van der Waals surface area contributed by atoms with Gasteiger partial charge in [0.2, 0.25) is 11.8 Å². The van der Waals surface area contributed by atoms with Gasteiger partial charge < -0.3 is 20.7 Å². The number of hydrogen-bond donors (Lipinski definition) is 2. The predicted octanol–water partition coefficient (Wildman–Crippen LogP) is 0.0816. The van der Waals surface area contributed by atoms with Crippen molar-refractivity contribution < 1.29 is 14.3 Å². The molecule has 0 aliphatic carbocycles. The fraction of sp³-hybridized carbons (Fsp3) is 0.429. The standard InChI is InChI=1S/C14H19N3O3.ClH/c1-20-9-11(15)14(19)17-8-7-16-13(18)12(17)10-5-3-2-4-6-10;/h2-6,11-12H,7-9,15H2,1H3,(H,16,18);1H. The Labute approximate surface area is 130 Å². The van der Waals surface area contributed by atoms with Crippen LogP contribution in [0.4, 0.5) is 0 Å². The zero-order chi connectivity index (χ0) is 14.5. The van der Waals surface area contributed by atoms with Crippen LogP contribution in [-0.4, -0.2) is 49.6 Å². The number of nitrogens with two attached hydrogens (primary N) is 1. The summed E-state index contributed by atoms with van der Waals surface area (Å²) in [5.41, 5.74) is 6.58. The summed E-state index contributed by atoms with van der Waals surface area (Å²) in [6.07, 6.45) is 0. The first-order valence-corrected chi connectivity index (χ1v) is 6.53. The molecule has 116 valence electrons. The molecule has 1 aliphatic rings. The van der Waals surface area contributed by atoms with E-state index < -0.39 is 12.1 Å². The van der Waals surface area contributed by atoms with Gasteiger partial charge in [-0.3, -0.25) is 9.59 Å².